The Bertz CT molecular complexity index is 2730. The van der Waals surface area contributed by atoms with Crippen molar-refractivity contribution in [1.82, 2.24) is 0 Å². The summed E-state index contributed by atoms with van der Waals surface area (Å²) in [4.78, 5) is 0. The highest BCUT2D eigenvalue weighted by molar-refractivity contribution is 6.21. The molecule has 0 aliphatic heterocycles. The molecule has 0 unspecified atom stereocenters. The zero-order chi connectivity index (χ0) is 34.1. The molecule has 0 saturated carbocycles. The van der Waals surface area contributed by atoms with Gasteiger partial charge in [0.15, 0.2) is 0 Å². The minimum atomic E-state index is -0.0634. The average Bonchev–Trinajstić information content (AvgIpc) is 3.41. The molecule has 10 rings (SSSR count). The lowest BCUT2D eigenvalue weighted by atomic mass is 9.81. The molecular weight excluding hydrogens is 613 g/mol. The van der Waals surface area contributed by atoms with E-state index in [4.69, 9.17) is 0 Å². The SMILES string of the molecule is CC1(C)c2cc3ccccc3cc2-c2c(-c3ccc(-c4c5ccccc5c(-c5ccc(-c6ccccc6)cc5)c5ccccc45)cc3)cccc21. The van der Waals surface area contributed by atoms with Crippen LogP contribution in [-0.2, 0) is 5.41 Å². The van der Waals surface area contributed by atoms with Crippen LogP contribution in [0.2, 0.25) is 0 Å². The molecule has 0 heterocycles. The quantitative estimate of drug-likeness (QED) is 0.167. The highest BCUT2D eigenvalue weighted by Gasteiger charge is 2.37. The standard InChI is InChI=1S/C51H36/c1-51(2)46-22-12-21-40(50(46)45-31-38-15-6-7-16-39(38)32-47(45)51)35-25-29-37(30-26-35)49-43-19-10-8-17-41(43)48(42-18-9-11-20-44(42)49)36-27-23-34(24-28-36)33-13-4-3-5-14-33/h3-32H,1-2H3. The Balaban J connectivity index is 1.12. The Kier molecular flexibility index (Phi) is 6.63. The maximum atomic E-state index is 2.41. The van der Waals surface area contributed by atoms with Crippen molar-refractivity contribution in [3.8, 4) is 55.6 Å². The highest BCUT2D eigenvalue weighted by Crippen LogP contribution is 2.53. The van der Waals surface area contributed by atoms with Gasteiger partial charge in [0.05, 0.1) is 0 Å². The van der Waals surface area contributed by atoms with Gasteiger partial charge in [0.2, 0.25) is 0 Å². The van der Waals surface area contributed by atoms with E-state index in [1.807, 2.05) is 0 Å². The van der Waals surface area contributed by atoms with Crippen LogP contribution in [0.15, 0.2) is 182 Å². The lowest BCUT2D eigenvalue weighted by Gasteiger charge is -2.22. The van der Waals surface area contributed by atoms with E-state index in [-0.39, 0.29) is 5.41 Å². The van der Waals surface area contributed by atoms with Crippen molar-refractivity contribution >= 4 is 32.3 Å². The molecule has 0 nitrogen and oxygen atoms in total. The first kappa shape index (κ1) is 29.7. The van der Waals surface area contributed by atoms with E-state index in [9.17, 15) is 0 Å². The van der Waals surface area contributed by atoms with E-state index in [1.54, 1.807) is 0 Å². The number of hydrogen-bond acceptors (Lipinski definition) is 0. The van der Waals surface area contributed by atoms with Crippen molar-refractivity contribution in [2.75, 3.05) is 0 Å². The lowest BCUT2D eigenvalue weighted by molar-refractivity contribution is 0.661. The molecule has 0 N–H and O–H groups in total. The van der Waals surface area contributed by atoms with Crippen molar-refractivity contribution in [3.05, 3.63) is 193 Å². The summed E-state index contributed by atoms with van der Waals surface area (Å²) in [7, 11) is 0. The van der Waals surface area contributed by atoms with Crippen molar-refractivity contribution in [1.29, 1.82) is 0 Å². The molecule has 51 heavy (non-hydrogen) atoms. The monoisotopic (exact) mass is 648 g/mol. The highest BCUT2D eigenvalue weighted by atomic mass is 14.4. The van der Waals surface area contributed by atoms with Crippen molar-refractivity contribution in [2.45, 2.75) is 19.3 Å². The van der Waals surface area contributed by atoms with Crippen LogP contribution in [0.1, 0.15) is 25.0 Å². The third-order valence-corrected chi connectivity index (χ3v) is 11.3. The molecule has 9 aromatic carbocycles. The normalized spacial score (nSPS) is 13.1. The Morgan fingerprint density at radius 2 is 0.745 bits per heavy atom. The number of hydrogen-bond donors (Lipinski definition) is 0. The van der Waals surface area contributed by atoms with Crippen LogP contribution in [0, 0.1) is 0 Å². The Morgan fingerprint density at radius 3 is 1.31 bits per heavy atom. The molecular formula is C51H36. The molecule has 240 valence electrons. The van der Waals surface area contributed by atoms with Crippen LogP contribution >= 0.6 is 0 Å². The summed E-state index contributed by atoms with van der Waals surface area (Å²) in [6.07, 6.45) is 0. The summed E-state index contributed by atoms with van der Waals surface area (Å²) in [6.45, 7) is 4.74. The summed E-state index contributed by atoms with van der Waals surface area (Å²) in [5.74, 6) is 0. The second-order valence-electron chi connectivity index (χ2n) is 14.5. The van der Waals surface area contributed by atoms with Crippen molar-refractivity contribution < 1.29 is 0 Å². The van der Waals surface area contributed by atoms with Crippen molar-refractivity contribution in [3.63, 3.8) is 0 Å². The summed E-state index contributed by atoms with van der Waals surface area (Å²) in [5.41, 5.74) is 15.5. The smallest absolute Gasteiger partial charge is 0.0159 e. The molecule has 1 aliphatic carbocycles. The van der Waals surface area contributed by atoms with Crippen LogP contribution in [0.25, 0.3) is 88.0 Å². The predicted octanol–water partition coefficient (Wildman–Crippen LogP) is 14.1. The molecule has 0 amide bonds. The lowest BCUT2D eigenvalue weighted by Crippen LogP contribution is -2.14. The third-order valence-electron chi connectivity index (χ3n) is 11.3. The third kappa shape index (κ3) is 4.60. The first-order valence-corrected chi connectivity index (χ1v) is 17.9. The second-order valence-corrected chi connectivity index (χ2v) is 14.5. The van der Waals surface area contributed by atoms with E-state index in [2.05, 4.69) is 196 Å². The fraction of sp³-hybridized carbons (Fsp3) is 0.0588. The van der Waals surface area contributed by atoms with Gasteiger partial charge in [-0.1, -0.05) is 184 Å². The van der Waals surface area contributed by atoms with Crippen LogP contribution in [-0.4, -0.2) is 0 Å². The second kappa shape index (κ2) is 11.4. The zero-order valence-electron chi connectivity index (χ0n) is 28.8. The van der Waals surface area contributed by atoms with Gasteiger partial charge in [-0.2, -0.15) is 0 Å². The Hall–Kier alpha value is -6.24. The fourth-order valence-corrected chi connectivity index (χ4v) is 8.74. The first-order valence-electron chi connectivity index (χ1n) is 17.9. The molecule has 0 saturated heterocycles. The van der Waals surface area contributed by atoms with Gasteiger partial charge in [-0.3, -0.25) is 0 Å². The van der Waals surface area contributed by atoms with Crippen LogP contribution in [0.3, 0.4) is 0 Å². The first-order chi connectivity index (χ1) is 25.1. The Labute approximate surface area is 299 Å². The summed E-state index contributed by atoms with van der Waals surface area (Å²) in [6, 6.07) is 67.3. The number of rotatable bonds is 4. The van der Waals surface area contributed by atoms with Crippen LogP contribution < -0.4 is 0 Å². The molecule has 0 heteroatoms. The summed E-state index contributed by atoms with van der Waals surface area (Å²) < 4.78 is 0. The molecule has 0 bridgehead atoms. The Morgan fingerprint density at radius 1 is 0.294 bits per heavy atom. The minimum Gasteiger partial charge on any atom is -0.0622 e. The average molecular weight is 649 g/mol. The van der Waals surface area contributed by atoms with E-state index >= 15 is 0 Å². The minimum absolute atomic E-state index is 0.0634. The molecule has 0 radical (unpaired) electrons. The van der Waals surface area contributed by atoms with Gasteiger partial charge in [-0.05, 0) is 111 Å². The van der Waals surface area contributed by atoms with E-state index in [0.29, 0.717) is 0 Å². The van der Waals surface area contributed by atoms with Gasteiger partial charge in [-0.25, -0.2) is 0 Å². The molecule has 0 aromatic heterocycles. The zero-order valence-corrected chi connectivity index (χ0v) is 28.8. The van der Waals surface area contributed by atoms with Crippen LogP contribution in [0.5, 0.6) is 0 Å². The van der Waals surface area contributed by atoms with Gasteiger partial charge in [0, 0.05) is 5.41 Å². The van der Waals surface area contributed by atoms with E-state index in [1.165, 1.54) is 99.1 Å². The van der Waals surface area contributed by atoms with Crippen LogP contribution in [0.4, 0.5) is 0 Å². The maximum absolute atomic E-state index is 2.41. The largest absolute Gasteiger partial charge is 0.0622 e. The molecule has 0 fully saturated rings. The number of benzene rings is 9. The van der Waals surface area contributed by atoms with Gasteiger partial charge >= 0.3 is 0 Å². The molecule has 9 aromatic rings. The van der Waals surface area contributed by atoms with Crippen molar-refractivity contribution in [2.24, 2.45) is 0 Å². The predicted molar refractivity (Wildman–Crippen MR) is 218 cm³/mol. The van der Waals surface area contributed by atoms with E-state index in [0.717, 1.165) is 0 Å². The molecule has 1 aliphatic rings. The molecule has 0 atom stereocenters. The fourth-order valence-electron chi connectivity index (χ4n) is 8.74. The summed E-state index contributed by atoms with van der Waals surface area (Å²) in [5, 5.41) is 7.69. The van der Waals surface area contributed by atoms with E-state index < -0.39 is 0 Å². The maximum Gasteiger partial charge on any atom is 0.0159 e. The van der Waals surface area contributed by atoms with Gasteiger partial charge in [-0.15, -0.1) is 0 Å². The van der Waals surface area contributed by atoms with Gasteiger partial charge < -0.3 is 0 Å². The molecule has 0 spiro atoms. The topological polar surface area (TPSA) is 0 Å². The van der Waals surface area contributed by atoms with Gasteiger partial charge in [0.1, 0.15) is 0 Å². The van der Waals surface area contributed by atoms with Gasteiger partial charge in [0.25, 0.3) is 0 Å². The number of fused-ring (bicyclic) bond motifs is 6. The summed E-state index contributed by atoms with van der Waals surface area (Å²) >= 11 is 0.